The van der Waals surface area contributed by atoms with Crippen molar-refractivity contribution < 1.29 is 9.59 Å². The first-order valence-corrected chi connectivity index (χ1v) is 13.1. The lowest BCUT2D eigenvalue weighted by Gasteiger charge is -2.34. The highest BCUT2D eigenvalue weighted by molar-refractivity contribution is 6.01. The predicted octanol–water partition coefficient (Wildman–Crippen LogP) is 2.32. The van der Waals surface area contributed by atoms with E-state index < -0.39 is 23.1 Å². The maximum atomic E-state index is 13.5. The van der Waals surface area contributed by atoms with Crippen molar-refractivity contribution in [1.82, 2.24) is 19.4 Å². The number of nitrogens with one attached hydrogen (secondary N) is 1. The zero-order valence-electron chi connectivity index (χ0n) is 22.0. The molecule has 1 saturated heterocycles. The molecule has 1 amide bonds. The summed E-state index contributed by atoms with van der Waals surface area (Å²) in [5.74, 6) is -0.780. The second-order valence-corrected chi connectivity index (χ2v) is 9.78. The number of rotatable bonds is 9. The predicted molar refractivity (Wildman–Crippen MR) is 147 cm³/mol. The summed E-state index contributed by atoms with van der Waals surface area (Å²) in [5.41, 5.74) is 7.81. The number of nitrogen functional groups attached to an aromatic ring is 1. The number of aryl methyl sites for hydroxylation is 1. The van der Waals surface area contributed by atoms with Crippen LogP contribution in [0.3, 0.4) is 0 Å². The number of amides is 1. The number of carbonyl (C=O) groups is 2. The Kier molecular flexibility index (Phi) is 8.58. The molecule has 1 aromatic heterocycles. The summed E-state index contributed by atoms with van der Waals surface area (Å²) in [6, 6.07) is 16.7. The van der Waals surface area contributed by atoms with Crippen LogP contribution in [0.15, 0.2) is 64.2 Å². The first-order valence-electron chi connectivity index (χ1n) is 13.1. The van der Waals surface area contributed by atoms with E-state index in [-0.39, 0.29) is 36.9 Å². The van der Waals surface area contributed by atoms with Crippen LogP contribution in [0, 0.1) is 6.92 Å². The highest BCUT2D eigenvalue weighted by atomic mass is 16.2. The molecule has 0 spiro atoms. The summed E-state index contributed by atoms with van der Waals surface area (Å²) in [7, 11) is 0. The lowest BCUT2D eigenvalue weighted by molar-refractivity contribution is -0.127. The van der Waals surface area contributed by atoms with Crippen molar-refractivity contribution in [3.8, 4) is 0 Å². The third-order valence-corrected chi connectivity index (χ3v) is 7.06. The van der Waals surface area contributed by atoms with Gasteiger partial charge in [-0.15, -0.1) is 0 Å². The molecular formula is C29H35N5O4. The number of carbonyl (C=O) groups excluding carboxylic acids is 2. The van der Waals surface area contributed by atoms with E-state index >= 15 is 0 Å². The maximum Gasteiger partial charge on any atom is 0.332 e. The normalized spacial score (nSPS) is 15.8. The Hall–Kier alpha value is -3.98. The van der Waals surface area contributed by atoms with Gasteiger partial charge in [-0.05, 0) is 44.4 Å². The minimum atomic E-state index is -0.693. The standard InChI is InChI=1S/C29H35N5O4/c1-3-33-28(37)25(26(30)34(29(33)38)18-21-11-5-4-6-12-21)24(35)19-32-15-8-7-14-23(32)27(36)31-17-22-13-9-10-20(2)16-22/h4-6,9-13,16,23H,3,7-8,14-15,17-19,30H2,1-2H3,(H,31,36). The van der Waals surface area contributed by atoms with Gasteiger partial charge in [0.25, 0.3) is 5.56 Å². The van der Waals surface area contributed by atoms with E-state index in [1.165, 1.54) is 4.57 Å². The lowest BCUT2D eigenvalue weighted by Crippen LogP contribution is -2.52. The molecule has 1 unspecified atom stereocenters. The summed E-state index contributed by atoms with van der Waals surface area (Å²) in [4.78, 5) is 54.7. The van der Waals surface area contributed by atoms with Crippen molar-refractivity contribution in [2.45, 2.75) is 58.8 Å². The Morgan fingerprint density at radius 2 is 1.74 bits per heavy atom. The fourth-order valence-electron chi connectivity index (χ4n) is 5.04. The smallest absolute Gasteiger partial charge is 0.332 e. The van der Waals surface area contributed by atoms with Crippen LogP contribution in [0.2, 0.25) is 0 Å². The average molecular weight is 518 g/mol. The first kappa shape index (κ1) is 27.1. The second kappa shape index (κ2) is 12.0. The highest BCUT2D eigenvalue weighted by Crippen LogP contribution is 2.19. The third-order valence-electron chi connectivity index (χ3n) is 7.06. The van der Waals surface area contributed by atoms with Crippen LogP contribution < -0.4 is 22.3 Å². The first-order chi connectivity index (χ1) is 18.3. The zero-order valence-corrected chi connectivity index (χ0v) is 22.0. The van der Waals surface area contributed by atoms with Crippen LogP contribution in [0.25, 0.3) is 0 Å². The van der Waals surface area contributed by atoms with Crippen LogP contribution in [-0.2, 0) is 24.4 Å². The maximum absolute atomic E-state index is 13.5. The molecule has 3 N–H and O–H groups in total. The Morgan fingerprint density at radius 3 is 2.45 bits per heavy atom. The summed E-state index contributed by atoms with van der Waals surface area (Å²) < 4.78 is 2.31. The van der Waals surface area contributed by atoms with Crippen LogP contribution in [-0.4, -0.2) is 44.9 Å². The molecule has 3 aromatic rings. The van der Waals surface area contributed by atoms with Crippen molar-refractivity contribution in [1.29, 1.82) is 0 Å². The number of piperidine rings is 1. The van der Waals surface area contributed by atoms with Crippen LogP contribution >= 0.6 is 0 Å². The van der Waals surface area contributed by atoms with Crippen molar-refractivity contribution >= 4 is 17.5 Å². The molecule has 9 nitrogen and oxygen atoms in total. The van der Waals surface area contributed by atoms with Gasteiger partial charge in [0.15, 0.2) is 5.78 Å². The van der Waals surface area contributed by atoms with E-state index in [9.17, 15) is 19.2 Å². The number of likely N-dealkylation sites (tertiary alicyclic amines) is 1. The van der Waals surface area contributed by atoms with Gasteiger partial charge < -0.3 is 11.1 Å². The summed E-state index contributed by atoms with van der Waals surface area (Å²) in [6.45, 7) is 4.76. The van der Waals surface area contributed by atoms with Crippen molar-refractivity contribution in [2.24, 2.45) is 0 Å². The quantitative estimate of drug-likeness (QED) is 0.421. The number of hydrogen-bond acceptors (Lipinski definition) is 6. The third kappa shape index (κ3) is 5.94. The van der Waals surface area contributed by atoms with Crippen molar-refractivity contribution in [2.75, 3.05) is 18.8 Å². The van der Waals surface area contributed by atoms with Gasteiger partial charge in [0, 0.05) is 13.1 Å². The van der Waals surface area contributed by atoms with E-state index in [2.05, 4.69) is 5.32 Å². The summed E-state index contributed by atoms with van der Waals surface area (Å²) >= 11 is 0. The number of hydrogen-bond donors (Lipinski definition) is 2. The fraction of sp³-hybridized carbons (Fsp3) is 0.379. The van der Waals surface area contributed by atoms with E-state index in [0.29, 0.717) is 19.5 Å². The van der Waals surface area contributed by atoms with Crippen molar-refractivity contribution in [3.05, 3.63) is 97.7 Å². The van der Waals surface area contributed by atoms with Gasteiger partial charge in [-0.1, -0.05) is 66.6 Å². The number of anilines is 1. The Bertz CT molecular complexity index is 1430. The molecule has 0 bridgehead atoms. The van der Waals surface area contributed by atoms with E-state index in [1.54, 1.807) is 6.92 Å². The monoisotopic (exact) mass is 517 g/mol. The molecule has 2 aromatic carbocycles. The topological polar surface area (TPSA) is 119 Å². The Labute approximate surface area is 221 Å². The van der Waals surface area contributed by atoms with Gasteiger partial charge in [-0.25, -0.2) is 4.79 Å². The summed E-state index contributed by atoms with van der Waals surface area (Å²) in [5, 5.41) is 3.00. The van der Waals surface area contributed by atoms with Crippen molar-refractivity contribution in [3.63, 3.8) is 0 Å². The largest absolute Gasteiger partial charge is 0.384 e. The molecule has 1 atom stereocenters. The molecule has 2 heterocycles. The molecule has 38 heavy (non-hydrogen) atoms. The Morgan fingerprint density at radius 1 is 1.00 bits per heavy atom. The molecule has 1 aliphatic rings. The molecule has 0 radical (unpaired) electrons. The number of Topliss-reactive ketones (excluding diaryl/α,β-unsaturated/α-hetero) is 1. The molecular weight excluding hydrogens is 482 g/mol. The van der Waals surface area contributed by atoms with E-state index in [4.69, 9.17) is 5.73 Å². The van der Waals surface area contributed by atoms with Gasteiger partial charge in [0.05, 0.1) is 19.1 Å². The molecule has 1 aliphatic heterocycles. The van der Waals surface area contributed by atoms with Gasteiger partial charge in [0.2, 0.25) is 5.91 Å². The highest BCUT2D eigenvalue weighted by Gasteiger charge is 2.32. The minimum absolute atomic E-state index is 0.112. The number of aromatic nitrogens is 2. The second-order valence-electron chi connectivity index (χ2n) is 9.78. The SMILES string of the molecule is CCn1c(=O)c(C(=O)CN2CCCCC2C(=O)NCc2cccc(C)c2)c(N)n(Cc2ccccc2)c1=O. The average Bonchev–Trinajstić information content (AvgIpc) is 2.91. The van der Waals surface area contributed by atoms with Gasteiger partial charge >= 0.3 is 5.69 Å². The number of nitrogens with two attached hydrogens (primary N) is 1. The van der Waals surface area contributed by atoms with E-state index in [1.807, 2.05) is 66.4 Å². The van der Waals surface area contributed by atoms with Crippen LogP contribution in [0.5, 0.6) is 0 Å². The van der Waals surface area contributed by atoms with Gasteiger partial charge in [-0.2, -0.15) is 0 Å². The molecule has 1 fully saturated rings. The molecule has 9 heteroatoms. The Balaban J connectivity index is 1.57. The number of nitrogens with zero attached hydrogens (tertiary/aromatic N) is 3. The molecule has 200 valence electrons. The van der Waals surface area contributed by atoms with Crippen LogP contribution in [0.1, 0.15) is 53.2 Å². The molecule has 0 saturated carbocycles. The number of ketones is 1. The van der Waals surface area contributed by atoms with Gasteiger partial charge in [0.1, 0.15) is 11.4 Å². The summed E-state index contributed by atoms with van der Waals surface area (Å²) in [6.07, 6.45) is 2.34. The lowest BCUT2D eigenvalue weighted by atomic mass is 10.00. The number of benzene rings is 2. The van der Waals surface area contributed by atoms with E-state index in [0.717, 1.165) is 34.1 Å². The molecule has 4 rings (SSSR count). The van der Waals surface area contributed by atoms with Crippen LogP contribution in [0.4, 0.5) is 5.82 Å². The zero-order chi connectivity index (χ0) is 27.2. The minimum Gasteiger partial charge on any atom is -0.384 e. The molecule has 0 aliphatic carbocycles. The van der Waals surface area contributed by atoms with Gasteiger partial charge in [-0.3, -0.25) is 28.4 Å². The fourth-order valence-corrected chi connectivity index (χ4v) is 5.04.